The molecule has 2 aliphatic carbocycles. The molecule has 3 aromatic rings. The number of pyridine rings is 1. The summed E-state index contributed by atoms with van der Waals surface area (Å²) < 4.78 is 30.9. The highest BCUT2D eigenvalue weighted by molar-refractivity contribution is 5.80. The zero-order chi connectivity index (χ0) is 23.2. The van der Waals surface area contributed by atoms with Crippen LogP contribution in [0.1, 0.15) is 42.1 Å². The van der Waals surface area contributed by atoms with Crippen LogP contribution in [-0.2, 0) is 0 Å². The van der Waals surface area contributed by atoms with Crippen molar-refractivity contribution >= 4 is 6.29 Å². The Balaban J connectivity index is 0.000000152. The molecule has 1 saturated heterocycles. The Morgan fingerprint density at radius 3 is 2.55 bits per heavy atom. The third-order valence-electron chi connectivity index (χ3n) is 7.35. The maximum atomic E-state index is 12.5. The van der Waals surface area contributed by atoms with Gasteiger partial charge >= 0.3 is 0 Å². The van der Waals surface area contributed by atoms with Crippen molar-refractivity contribution in [3.05, 3.63) is 66.1 Å². The van der Waals surface area contributed by atoms with Crippen molar-refractivity contribution < 1.29 is 18.3 Å². The fraction of sp³-hybridized carbons (Fsp3) is 0.417. The van der Waals surface area contributed by atoms with Gasteiger partial charge in [-0.25, -0.2) is 13.8 Å². The van der Waals surface area contributed by atoms with Crippen LogP contribution in [0.5, 0.6) is 5.88 Å². The van der Waals surface area contributed by atoms with Gasteiger partial charge in [-0.2, -0.15) is 15.0 Å². The van der Waals surface area contributed by atoms with E-state index >= 15 is 0 Å². The van der Waals surface area contributed by atoms with Crippen LogP contribution >= 0.6 is 0 Å². The summed E-state index contributed by atoms with van der Waals surface area (Å²) in [6, 6.07) is 11.2. The molecule has 9 heteroatoms. The summed E-state index contributed by atoms with van der Waals surface area (Å²) in [5.41, 5.74) is 1.71. The Morgan fingerprint density at radius 2 is 1.91 bits per heavy atom. The zero-order valence-corrected chi connectivity index (χ0v) is 18.4. The van der Waals surface area contributed by atoms with Crippen molar-refractivity contribution in [3.8, 4) is 11.6 Å². The number of hydrogen-bond donors (Lipinski definition) is 0. The quantitative estimate of drug-likeness (QED) is 0.545. The average Bonchev–Trinajstić information content (AvgIpc) is 3.26. The number of para-hydroxylation sites is 1. The van der Waals surface area contributed by atoms with E-state index in [0.29, 0.717) is 34.6 Å². The first-order valence-electron chi connectivity index (χ1n) is 11.0. The van der Waals surface area contributed by atoms with E-state index in [1.165, 1.54) is 23.5 Å². The summed E-state index contributed by atoms with van der Waals surface area (Å²) in [6.45, 7) is 2.28. The third-order valence-corrected chi connectivity index (χ3v) is 7.35. The minimum Gasteiger partial charge on any atom is -0.473 e. The Bertz CT molecular complexity index is 1120. The molecule has 3 heterocycles. The Hall–Kier alpha value is -3.20. The molecule has 0 N–H and O–H groups in total. The minimum absolute atomic E-state index is 0.0590. The van der Waals surface area contributed by atoms with Crippen molar-refractivity contribution in [2.45, 2.75) is 44.4 Å². The first-order chi connectivity index (χ1) is 15.9. The van der Waals surface area contributed by atoms with Crippen LogP contribution in [0.2, 0.25) is 0 Å². The predicted molar refractivity (Wildman–Crippen MR) is 117 cm³/mol. The highest BCUT2D eigenvalue weighted by Crippen LogP contribution is 2.73. The normalized spacial score (nSPS) is 29.4. The second-order valence-corrected chi connectivity index (χ2v) is 8.98. The van der Waals surface area contributed by atoms with Gasteiger partial charge in [0.1, 0.15) is 6.10 Å². The SMILES string of the molecule is CC1C2CC23CC(Oc2ccc(C(F)F)cn2)C3N1C.O=Cc1ccccc1-n1nccn1. The van der Waals surface area contributed by atoms with Crippen molar-refractivity contribution in [2.75, 3.05) is 7.05 Å². The number of benzene rings is 1. The van der Waals surface area contributed by atoms with Gasteiger partial charge in [0.25, 0.3) is 6.43 Å². The fourth-order valence-corrected chi connectivity index (χ4v) is 5.56. The molecule has 3 fully saturated rings. The minimum atomic E-state index is -2.47. The number of nitrogens with zero attached hydrogens (tertiary/aromatic N) is 5. The molecule has 172 valence electrons. The molecule has 0 bridgehead atoms. The number of likely N-dealkylation sites (tertiary alicyclic amines) is 1. The number of ether oxygens (including phenoxy) is 1. The van der Waals surface area contributed by atoms with Gasteiger partial charge in [0.2, 0.25) is 5.88 Å². The molecule has 5 atom stereocenters. The topological polar surface area (TPSA) is 73.1 Å². The number of carbonyl (C=O) groups is 1. The van der Waals surface area contributed by atoms with E-state index in [9.17, 15) is 13.6 Å². The number of likely N-dealkylation sites (N-methyl/N-ethyl adjacent to an activating group) is 1. The summed E-state index contributed by atoms with van der Waals surface area (Å²) in [5.74, 6) is 1.28. The molecular formula is C24H25F2N5O2. The van der Waals surface area contributed by atoms with Gasteiger partial charge in [-0.05, 0) is 56.3 Å². The van der Waals surface area contributed by atoms with Crippen LogP contribution < -0.4 is 4.74 Å². The highest BCUT2D eigenvalue weighted by Gasteiger charge is 2.76. The first kappa shape index (κ1) is 21.6. The van der Waals surface area contributed by atoms with E-state index in [0.717, 1.165) is 18.6 Å². The molecule has 7 nitrogen and oxygen atoms in total. The molecular weight excluding hydrogens is 428 g/mol. The number of aldehydes is 1. The van der Waals surface area contributed by atoms with Crippen molar-refractivity contribution in [1.82, 2.24) is 24.9 Å². The van der Waals surface area contributed by atoms with Gasteiger partial charge in [-0.3, -0.25) is 9.69 Å². The van der Waals surface area contributed by atoms with Crippen LogP contribution in [0.25, 0.3) is 5.69 Å². The van der Waals surface area contributed by atoms with Gasteiger partial charge in [0.05, 0.1) is 24.1 Å². The number of aromatic nitrogens is 4. The van der Waals surface area contributed by atoms with E-state index < -0.39 is 6.43 Å². The molecule has 3 aliphatic rings. The molecule has 2 saturated carbocycles. The summed E-state index contributed by atoms with van der Waals surface area (Å²) in [4.78, 5) is 18.5. The highest BCUT2D eigenvalue weighted by atomic mass is 19.3. The van der Waals surface area contributed by atoms with Crippen molar-refractivity contribution in [2.24, 2.45) is 11.3 Å². The number of hydrogen-bond acceptors (Lipinski definition) is 6. The Kier molecular flexibility index (Phi) is 5.44. The number of piperidine rings is 1. The standard InChI is InChI=1S/C15H18F2N2O.C9H7N3O/c1-8-10-5-15(10)6-11(13(15)19(8)2)20-12-4-3-9(7-18-12)14(16)17;13-7-8-3-1-2-4-9(8)12-10-5-6-11-12/h3-4,7-8,10-11,13-14H,5-6H2,1-2H3;1-7H. The average molecular weight is 453 g/mol. The van der Waals surface area contributed by atoms with E-state index in [-0.39, 0.29) is 11.7 Å². The van der Waals surface area contributed by atoms with E-state index in [1.54, 1.807) is 36.7 Å². The van der Waals surface area contributed by atoms with Crippen LogP contribution in [0.15, 0.2) is 55.0 Å². The number of alkyl halides is 2. The monoisotopic (exact) mass is 453 g/mol. The molecule has 1 aliphatic heterocycles. The lowest BCUT2D eigenvalue weighted by Gasteiger charge is -2.46. The molecule has 0 amide bonds. The maximum absolute atomic E-state index is 12.5. The van der Waals surface area contributed by atoms with Crippen LogP contribution in [0, 0.1) is 11.3 Å². The molecule has 0 radical (unpaired) electrons. The van der Waals surface area contributed by atoms with Crippen LogP contribution in [0.4, 0.5) is 8.78 Å². The summed E-state index contributed by atoms with van der Waals surface area (Å²) in [6.07, 6.45) is 5.21. The van der Waals surface area contributed by atoms with E-state index in [4.69, 9.17) is 4.74 Å². The largest absolute Gasteiger partial charge is 0.473 e. The van der Waals surface area contributed by atoms with Crippen molar-refractivity contribution in [1.29, 1.82) is 0 Å². The Labute approximate surface area is 190 Å². The van der Waals surface area contributed by atoms with E-state index in [1.807, 2.05) is 6.07 Å². The summed E-state index contributed by atoms with van der Waals surface area (Å²) >= 11 is 0. The molecule has 33 heavy (non-hydrogen) atoms. The lowest BCUT2D eigenvalue weighted by atomic mass is 9.73. The van der Waals surface area contributed by atoms with Crippen LogP contribution in [0.3, 0.4) is 0 Å². The van der Waals surface area contributed by atoms with Crippen molar-refractivity contribution in [3.63, 3.8) is 0 Å². The first-order valence-corrected chi connectivity index (χ1v) is 11.0. The zero-order valence-electron chi connectivity index (χ0n) is 18.4. The number of halogens is 2. The van der Waals surface area contributed by atoms with Gasteiger partial charge in [0, 0.05) is 29.4 Å². The maximum Gasteiger partial charge on any atom is 0.265 e. The van der Waals surface area contributed by atoms with Gasteiger partial charge in [-0.1, -0.05) is 12.1 Å². The lowest BCUT2D eigenvalue weighted by molar-refractivity contribution is -0.0397. The van der Waals surface area contributed by atoms with Gasteiger partial charge < -0.3 is 4.74 Å². The second kappa shape index (κ2) is 8.30. The number of carbonyl (C=O) groups excluding carboxylic acids is 1. The van der Waals surface area contributed by atoms with Gasteiger partial charge in [0.15, 0.2) is 6.29 Å². The third kappa shape index (κ3) is 3.70. The van der Waals surface area contributed by atoms with E-state index in [2.05, 4.69) is 34.1 Å². The van der Waals surface area contributed by atoms with Gasteiger partial charge in [-0.15, -0.1) is 0 Å². The Morgan fingerprint density at radius 1 is 1.15 bits per heavy atom. The predicted octanol–water partition coefficient (Wildman–Crippen LogP) is 3.96. The molecule has 6 rings (SSSR count). The van der Waals surface area contributed by atoms with Crippen LogP contribution in [-0.4, -0.2) is 56.4 Å². The molecule has 1 aromatic carbocycles. The lowest BCUT2D eigenvalue weighted by Crippen LogP contribution is -2.57. The number of rotatable bonds is 5. The smallest absolute Gasteiger partial charge is 0.265 e. The summed E-state index contributed by atoms with van der Waals surface area (Å²) in [5, 5.41) is 7.88. The molecule has 2 aromatic heterocycles. The molecule has 1 spiro atoms. The summed E-state index contributed by atoms with van der Waals surface area (Å²) in [7, 11) is 2.16. The fourth-order valence-electron chi connectivity index (χ4n) is 5.56. The second-order valence-electron chi connectivity index (χ2n) is 8.98. The molecule has 5 unspecified atom stereocenters.